The maximum Gasteiger partial charge on any atom is 0.471 e. The lowest BCUT2D eigenvalue weighted by molar-refractivity contribution is -0.167. The van der Waals surface area contributed by atoms with Gasteiger partial charge in [0.15, 0.2) is 5.82 Å². The van der Waals surface area contributed by atoms with Crippen LogP contribution in [0.25, 0.3) is 0 Å². The summed E-state index contributed by atoms with van der Waals surface area (Å²) in [6, 6.07) is 5.62. The Labute approximate surface area is 121 Å². The predicted octanol–water partition coefficient (Wildman–Crippen LogP) is 3.22. The zero-order valence-corrected chi connectivity index (χ0v) is 11.0. The fourth-order valence-electron chi connectivity index (χ4n) is 1.56. The molecular weight excluding hydrogens is 314 g/mol. The molecule has 21 heavy (non-hydrogen) atoms. The average Bonchev–Trinajstić information content (AvgIpc) is 2.68. The number of halogens is 5. The number of carbonyl (C=O) groups excluding carboxylic acids is 1. The second-order valence-electron chi connectivity index (χ2n) is 4.11. The minimum absolute atomic E-state index is 0.0966. The molecule has 0 radical (unpaired) electrons. The van der Waals surface area contributed by atoms with Gasteiger partial charge in [0.05, 0.1) is 6.54 Å². The van der Waals surface area contributed by atoms with Gasteiger partial charge in [0, 0.05) is 6.20 Å². The van der Waals surface area contributed by atoms with Crippen molar-refractivity contribution in [1.82, 2.24) is 9.78 Å². The Morgan fingerprint density at radius 1 is 1.38 bits per heavy atom. The molecule has 2 rings (SSSR count). The maximum absolute atomic E-state index is 13.0. The average molecular weight is 322 g/mol. The van der Waals surface area contributed by atoms with Crippen molar-refractivity contribution in [2.45, 2.75) is 12.7 Å². The molecule has 1 aromatic heterocycles. The highest BCUT2D eigenvalue weighted by molar-refractivity contribution is 6.33. The molecule has 0 saturated carbocycles. The molecule has 0 aliphatic carbocycles. The fraction of sp³-hybridized carbons (Fsp3) is 0.167. The van der Waals surface area contributed by atoms with Crippen LogP contribution in [-0.4, -0.2) is 21.9 Å². The highest BCUT2D eigenvalue weighted by atomic mass is 35.5. The standard InChI is InChI=1S/C12H8ClF4N3O/c13-9-6-20(5-7-2-1-3-8(14)4-7)19-10(9)18-11(21)12(15,16)17/h1-4,6H,5H2,(H,18,19,21). The number of hydrogen-bond donors (Lipinski definition) is 1. The Balaban J connectivity index is 2.14. The van der Waals surface area contributed by atoms with Crippen LogP contribution in [0.2, 0.25) is 5.02 Å². The molecule has 0 fully saturated rings. The van der Waals surface area contributed by atoms with Crippen molar-refractivity contribution < 1.29 is 22.4 Å². The van der Waals surface area contributed by atoms with Gasteiger partial charge < -0.3 is 5.32 Å². The lowest BCUT2D eigenvalue weighted by Crippen LogP contribution is -2.30. The van der Waals surface area contributed by atoms with E-state index in [0.717, 1.165) is 0 Å². The first-order valence-electron chi connectivity index (χ1n) is 5.61. The molecule has 0 unspecified atom stereocenters. The van der Waals surface area contributed by atoms with E-state index in [0.29, 0.717) is 5.56 Å². The quantitative estimate of drug-likeness (QED) is 0.882. The van der Waals surface area contributed by atoms with Gasteiger partial charge in [0.1, 0.15) is 10.8 Å². The number of benzene rings is 1. The van der Waals surface area contributed by atoms with Gasteiger partial charge in [0.2, 0.25) is 0 Å². The zero-order chi connectivity index (χ0) is 15.6. The van der Waals surface area contributed by atoms with Crippen LogP contribution in [-0.2, 0) is 11.3 Å². The molecule has 0 aliphatic rings. The third kappa shape index (κ3) is 3.94. The van der Waals surface area contributed by atoms with E-state index < -0.39 is 23.7 Å². The number of nitrogens with zero attached hydrogens (tertiary/aromatic N) is 2. The molecule has 1 heterocycles. The second-order valence-corrected chi connectivity index (χ2v) is 4.51. The summed E-state index contributed by atoms with van der Waals surface area (Å²) >= 11 is 5.70. The molecule has 0 spiro atoms. The predicted molar refractivity (Wildman–Crippen MR) is 67.4 cm³/mol. The Kier molecular flexibility index (Phi) is 4.17. The van der Waals surface area contributed by atoms with E-state index in [2.05, 4.69) is 5.10 Å². The van der Waals surface area contributed by atoms with Crippen molar-refractivity contribution >= 4 is 23.3 Å². The van der Waals surface area contributed by atoms with Crippen LogP contribution in [0.15, 0.2) is 30.5 Å². The molecule has 0 bridgehead atoms. The van der Waals surface area contributed by atoms with Crippen LogP contribution in [0.1, 0.15) is 5.56 Å². The number of amides is 1. The van der Waals surface area contributed by atoms with E-state index in [9.17, 15) is 22.4 Å². The number of carbonyl (C=O) groups is 1. The van der Waals surface area contributed by atoms with Gasteiger partial charge in [-0.2, -0.15) is 18.3 Å². The smallest absolute Gasteiger partial charge is 0.300 e. The van der Waals surface area contributed by atoms with Crippen molar-refractivity contribution in [3.63, 3.8) is 0 Å². The Hall–Kier alpha value is -2.09. The number of rotatable bonds is 3. The molecule has 0 atom stereocenters. The van der Waals surface area contributed by atoms with E-state index in [1.807, 2.05) is 0 Å². The Morgan fingerprint density at radius 3 is 2.71 bits per heavy atom. The van der Waals surface area contributed by atoms with Gasteiger partial charge in [-0.25, -0.2) is 4.39 Å². The molecule has 2 aromatic rings. The van der Waals surface area contributed by atoms with Crippen LogP contribution in [0.3, 0.4) is 0 Å². The van der Waals surface area contributed by atoms with E-state index in [4.69, 9.17) is 11.6 Å². The molecule has 9 heteroatoms. The summed E-state index contributed by atoms with van der Waals surface area (Å²) in [7, 11) is 0. The molecule has 1 N–H and O–H groups in total. The highest BCUT2D eigenvalue weighted by Gasteiger charge is 2.39. The second kappa shape index (κ2) is 5.72. The fourth-order valence-corrected chi connectivity index (χ4v) is 1.76. The summed E-state index contributed by atoms with van der Waals surface area (Å²) in [5, 5.41) is 5.14. The normalized spacial score (nSPS) is 11.5. The first-order chi connectivity index (χ1) is 9.75. The molecule has 1 amide bonds. The first kappa shape index (κ1) is 15.3. The van der Waals surface area contributed by atoms with Crippen molar-refractivity contribution in [1.29, 1.82) is 0 Å². The zero-order valence-electron chi connectivity index (χ0n) is 10.3. The highest BCUT2D eigenvalue weighted by Crippen LogP contribution is 2.23. The van der Waals surface area contributed by atoms with Gasteiger partial charge in [-0.05, 0) is 17.7 Å². The summed E-state index contributed by atoms with van der Waals surface area (Å²) in [5.74, 6) is -3.02. The molecule has 0 aliphatic heterocycles. The van der Waals surface area contributed by atoms with Crippen LogP contribution in [0.5, 0.6) is 0 Å². The summed E-state index contributed by atoms with van der Waals surface area (Å²) < 4.78 is 50.6. The van der Waals surface area contributed by atoms with Crippen molar-refractivity contribution in [2.75, 3.05) is 5.32 Å². The summed E-state index contributed by atoms with van der Waals surface area (Å²) in [6.07, 6.45) is -3.80. The van der Waals surface area contributed by atoms with E-state index in [1.54, 1.807) is 11.4 Å². The third-order valence-electron chi connectivity index (χ3n) is 2.44. The van der Waals surface area contributed by atoms with Crippen LogP contribution in [0, 0.1) is 5.82 Å². The number of alkyl halides is 3. The molecule has 0 saturated heterocycles. The molecular formula is C12H8ClF4N3O. The minimum Gasteiger partial charge on any atom is -0.300 e. The molecule has 4 nitrogen and oxygen atoms in total. The lowest BCUT2D eigenvalue weighted by atomic mass is 10.2. The topological polar surface area (TPSA) is 46.9 Å². The minimum atomic E-state index is -5.03. The Morgan fingerprint density at radius 2 is 2.10 bits per heavy atom. The monoisotopic (exact) mass is 321 g/mol. The van der Waals surface area contributed by atoms with Gasteiger partial charge in [-0.15, -0.1) is 0 Å². The Bertz CT molecular complexity index is 669. The van der Waals surface area contributed by atoms with Gasteiger partial charge >= 0.3 is 12.1 Å². The van der Waals surface area contributed by atoms with E-state index in [-0.39, 0.29) is 11.6 Å². The summed E-state index contributed by atoms with van der Waals surface area (Å²) in [4.78, 5) is 10.8. The van der Waals surface area contributed by atoms with Crippen molar-refractivity contribution in [3.05, 3.63) is 46.9 Å². The maximum atomic E-state index is 13.0. The van der Waals surface area contributed by atoms with Crippen LogP contribution in [0.4, 0.5) is 23.4 Å². The third-order valence-corrected chi connectivity index (χ3v) is 2.72. The van der Waals surface area contributed by atoms with E-state index >= 15 is 0 Å². The summed E-state index contributed by atoms with van der Waals surface area (Å²) in [6.45, 7) is 0.0966. The first-order valence-corrected chi connectivity index (χ1v) is 5.99. The SMILES string of the molecule is O=C(Nc1nn(Cc2cccc(F)c2)cc1Cl)C(F)(F)F. The number of aromatic nitrogens is 2. The summed E-state index contributed by atoms with van der Waals surface area (Å²) in [5.41, 5.74) is 0.544. The largest absolute Gasteiger partial charge is 0.471 e. The lowest BCUT2D eigenvalue weighted by Gasteiger charge is -2.05. The number of nitrogens with one attached hydrogen (secondary N) is 1. The van der Waals surface area contributed by atoms with Crippen LogP contribution < -0.4 is 5.32 Å². The number of hydrogen-bond acceptors (Lipinski definition) is 2. The molecule has 112 valence electrons. The van der Waals surface area contributed by atoms with Crippen LogP contribution >= 0.6 is 11.6 Å². The van der Waals surface area contributed by atoms with Gasteiger partial charge in [0.25, 0.3) is 0 Å². The van der Waals surface area contributed by atoms with Crippen molar-refractivity contribution in [2.24, 2.45) is 0 Å². The molecule has 1 aromatic carbocycles. The van der Waals surface area contributed by atoms with E-state index in [1.165, 1.54) is 29.1 Å². The van der Waals surface area contributed by atoms with Gasteiger partial charge in [-0.1, -0.05) is 23.7 Å². The number of anilines is 1. The van der Waals surface area contributed by atoms with Gasteiger partial charge in [-0.3, -0.25) is 9.48 Å². The van der Waals surface area contributed by atoms with Crippen molar-refractivity contribution in [3.8, 4) is 0 Å².